The van der Waals surface area contributed by atoms with Crippen molar-refractivity contribution in [2.24, 2.45) is 0 Å². The van der Waals surface area contributed by atoms with Crippen molar-refractivity contribution in [1.29, 1.82) is 0 Å². The average Bonchev–Trinajstić information content (AvgIpc) is 2.76. The number of hydrogen-bond donors (Lipinski definition) is 0. The first-order chi connectivity index (χ1) is 7.40. The van der Waals surface area contributed by atoms with Gasteiger partial charge in [-0.15, -0.1) is 11.3 Å². The van der Waals surface area contributed by atoms with Gasteiger partial charge in [-0.05, 0) is 5.75 Å². The molecule has 2 rings (SSSR count). The second-order valence-corrected chi connectivity index (χ2v) is 5.28. The molecule has 78 valence electrons. The molecule has 0 spiro atoms. The van der Waals surface area contributed by atoms with Crippen LogP contribution in [0.5, 0.6) is 0 Å². The number of benzene rings is 1. The van der Waals surface area contributed by atoms with Gasteiger partial charge in [-0.1, -0.05) is 37.3 Å². The van der Waals surface area contributed by atoms with Crippen molar-refractivity contribution >= 4 is 23.1 Å². The van der Waals surface area contributed by atoms with Crippen LogP contribution in [-0.2, 0) is 5.75 Å². The lowest BCUT2D eigenvalue weighted by atomic mass is 10.2. The maximum atomic E-state index is 4.62. The maximum Gasteiger partial charge on any atom is 0.123 e. The van der Waals surface area contributed by atoms with Gasteiger partial charge in [0.05, 0.1) is 5.69 Å². The van der Waals surface area contributed by atoms with Crippen molar-refractivity contribution in [3.05, 3.63) is 41.4 Å². The molecule has 1 aromatic carbocycles. The summed E-state index contributed by atoms with van der Waals surface area (Å²) in [5.41, 5.74) is 2.42. The molecule has 0 unspecified atom stereocenters. The third-order valence-corrected chi connectivity index (χ3v) is 3.87. The standard InChI is InChI=1S/C12H13NS2/c1-2-14-8-11-9-15-12(13-11)10-6-4-3-5-7-10/h3-7,9H,2,8H2,1H3. The van der Waals surface area contributed by atoms with Crippen molar-refractivity contribution in [2.75, 3.05) is 5.75 Å². The SMILES string of the molecule is CCSCc1csc(-c2ccccc2)n1. The molecule has 1 nitrogen and oxygen atoms in total. The van der Waals surface area contributed by atoms with Crippen LogP contribution in [0, 0.1) is 0 Å². The molecule has 0 amide bonds. The number of nitrogens with zero attached hydrogens (tertiary/aromatic N) is 1. The van der Waals surface area contributed by atoms with Crippen LogP contribution in [0.2, 0.25) is 0 Å². The normalized spacial score (nSPS) is 10.5. The molecule has 0 bridgehead atoms. The molecule has 0 atom stereocenters. The minimum absolute atomic E-state index is 1.03. The highest BCUT2D eigenvalue weighted by molar-refractivity contribution is 7.98. The van der Waals surface area contributed by atoms with Gasteiger partial charge in [0, 0.05) is 16.7 Å². The number of rotatable bonds is 4. The van der Waals surface area contributed by atoms with Crippen molar-refractivity contribution < 1.29 is 0 Å². The van der Waals surface area contributed by atoms with E-state index in [0.717, 1.165) is 16.5 Å². The summed E-state index contributed by atoms with van der Waals surface area (Å²) in [4.78, 5) is 4.62. The summed E-state index contributed by atoms with van der Waals surface area (Å²) in [5, 5.41) is 3.28. The van der Waals surface area contributed by atoms with Gasteiger partial charge in [0.15, 0.2) is 0 Å². The van der Waals surface area contributed by atoms with Crippen molar-refractivity contribution in [1.82, 2.24) is 4.98 Å². The zero-order valence-corrected chi connectivity index (χ0v) is 10.3. The first kappa shape index (κ1) is 10.7. The predicted molar refractivity (Wildman–Crippen MR) is 69.4 cm³/mol. The van der Waals surface area contributed by atoms with Gasteiger partial charge >= 0.3 is 0 Å². The molecule has 0 aliphatic carbocycles. The minimum Gasteiger partial charge on any atom is -0.240 e. The summed E-state index contributed by atoms with van der Waals surface area (Å²) in [5.74, 6) is 2.18. The lowest BCUT2D eigenvalue weighted by Gasteiger charge is -1.94. The molecule has 0 fully saturated rings. The Morgan fingerprint density at radius 1 is 1.27 bits per heavy atom. The highest BCUT2D eigenvalue weighted by atomic mass is 32.2. The monoisotopic (exact) mass is 235 g/mol. The van der Waals surface area contributed by atoms with Crippen molar-refractivity contribution in [2.45, 2.75) is 12.7 Å². The van der Waals surface area contributed by atoms with Gasteiger partial charge in [0.2, 0.25) is 0 Å². The predicted octanol–water partition coefficient (Wildman–Crippen LogP) is 4.06. The minimum atomic E-state index is 1.03. The smallest absolute Gasteiger partial charge is 0.123 e. The Bertz CT molecular complexity index is 409. The van der Waals surface area contributed by atoms with E-state index < -0.39 is 0 Å². The molecule has 1 heterocycles. The van der Waals surface area contributed by atoms with E-state index in [1.165, 1.54) is 11.3 Å². The molecular formula is C12H13NS2. The highest BCUT2D eigenvalue weighted by Crippen LogP contribution is 2.24. The van der Waals surface area contributed by atoms with E-state index in [1.54, 1.807) is 11.3 Å². The highest BCUT2D eigenvalue weighted by Gasteiger charge is 2.03. The largest absolute Gasteiger partial charge is 0.240 e. The zero-order valence-electron chi connectivity index (χ0n) is 8.64. The Labute approximate surface area is 98.6 Å². The van der Waals surface area contributed by atoms with Gasteiger partial charge in [0.1, 0.15) is 5.01 Å². The van der Waals surface area contributed by atoms with Crippen LogP contribution in [0.3, 0.4) is 0 Å². The summed E-state index contributed by atoms with van der Waals surface area (Å²) < 4.78 is 0. The molecule has 0 saturated carbocycles. The Kier molecular flexibility index (Phi) is 3.80. The lowest BCUT2D eigenvalue weighted by molar-refractivity contribution is 1.23. The van der Waals surface area contributed by atoms with E-state index in [4.69, 9.17) is 0 Å². The Morgan fingerprint density at radius 2 is 2.07 bits per heavy atom. The molecule has 0 N–H and O–H groups in total. The number of thiazole rings is 1. The van der Waals surface area contributed by atoms with Gasteiger partial charge in [-0.2, -0.15) is 11.8 Å². The second kappa shape index (κ2) is 5.33. The first-order valence-electron chi connectivity index (χ1n) is 4.97. The fourth-order valence-corrected chi connectivity index (χ4v) is 2.79. The quantitative estimate of drug-likeness (QED) is 0.792. The van der Waals surface area contributed by atoms with Crippen LogP contribution in [0.25, 0.3) is 10.6 Å². The van der Waals surface area contributed by atoms with Crippen molar-refractivity contribution in [3.63, 3.8) is 0 Å². The number of aromatic nitrogens is 1. The van der Waals surface area contributed by atoms with Gasteiger partial charge in [-0.25, -0.2) is 4.98 Å². The van der Waals surface area contributed by atoms with Crippen LogP contribution in [0.1, 0.15) is 12.6 Å². The van der Waals surface area contributed by atoms with Gasteiger partial charge in [0.25, 0.3) is 0 Å². The Morgan fingerprint density at radius 3 is 2.80 bits per heavy atom. The topological polar surface area (TPSA) is 12.9 Å². The van der Waals surface area contributed by atoms with E-state index in [9.17, 15) is 0 Å². The molecule has 3 heteroatoms. The summed E-state index contributed by atoms with van der Waals surface area (Å²) in [6.45, 7) is 2.18. The van der Waals surface area contributed by atoms with E-state index in [0.29, 0.717) is 0 Å². The molecular weight excluding hydrogens is 222 g/mol. The zero-order chi connectivity index (χ0) is 10.5. The fraction of sp³-hybridized carbons (Fsp3) is 0.250. The first-order valence-corrected chi connectivity index (χ1v) is 7.01. The third-order valence-electron chi connectivity index (χ3n) is 2.03. The lowest BCUT2D eigenvalue weighted by Crippen LogP contribution is -1.81. The number of thioether (sulfide) groups is 1. The molecule has 0 radical (unpaired) electrons. The average molecular weight is 235 g/mol. The van der Waals surface area contributed by atoms with Crippen LogP contribution in [0.4, 0.5) is 0 Å². The molecule has 1 aromatic heterocycles. The third kappa shape index (κ3) is 2.83. The Balaban J connectivity index is 2.14. The summed E-state index contributed by atoms with van der Waals surface area (Å²) >= 11 is 3.64. The van der Waals surface area contributed by atoms with E-state index in [-0.39, 0.29) is 0 Å². The summed E-state index contributed by atoms with van der Waals surface area (Å²) in [6, 6.07) is 10.4. The van der Waals surface area contributed by atoms with Crippen LogP contribution in [-0.4, -0.2) is 10.7 Å². The molecule has 0 saturated heterocycles. The van der Waals surface area contributed by atoms with Gasteiger partial charge < -0.3 is 0 Å². The van der Waals surface area contributed by atoms with Gasteiger partial charge in [-0.3, -0.25) is 0 Å². The van der Waals surface area contributed by atoms with Crippen LogP contribution < -0.4 is 0 Å². The van der Waals surface area contributed by atoms with E-state index in [2.05, 4.69) is 41.6 Å². The molecule has 2 aromatic rings. The number of hydrogen-bond acceptors (Lipinski definition) is 3. The van der Waals surface area contributed by atoms with E-state index in [1.807, 2.05) is 17.8 Å². The molecule has 15 heavy (non-hydrogen) atoms. The maximum absolute atomic E-state index is 4.62. The second-order valence-electron chi connectivity index (χ2n) is 3.15. The molecule has 0 aliphatic rings. The van der Waals surface area contributed by atoms with Crippen molar-refractivity contribution in [3.8, 4) is 10.6 Å². The Hall–Kier alpha value is -0.800. The fourth-order valence-electron chi connectivity index (χ4n) is 1.29. The van der Waals surface area contributed by atoms with E-state index >= 15 is 0 Å². The van der Waals surface area contributed by atoms with Crippen LogP contribution >= 0.6 is 23.1 Å². The summed E-state index contributed by atoms with van der Waals surface area (Å²) in [7, 11) is 0. The van der Waals surface area contributed by atoms with Crippen LogP contribution in [0.15, 0.2) is 35.7 Å². The summed E-state index contributed by atoms with van der Waals surface area (Å²) in [6.07, 6.45) is 0. The molecule has 0 aliphatic heterocycles.